The highest BCUT2D eigenvalue weighted by Gasteiger charge is 2.25. The molecule has 1 aliphatic rings. The van der Waals surface area contributed by atoms with Gasteiger partial charge in [-0.2, -0.15) is 0 Å². The number of nitrogens with zero attached hydrogens (tertiary/aromatic N) is 2. The maximum absolute atomic E-state index is 12.0. The Bertz CT molecular complexity index is 653. The first-order valence-corrected chi connectivity index (χ1v) is 8.97. The van der Waals surface area contributed by atoms with E-state index in [1.165, 1.54) is 0 Å². The molecule has 2 aromatic heterocycles. The Balaban J connectivity index is 0.00000156. The molecule has 0 spiro atoms. The molecule has 5 nitrogen and oxygen atoms in total. The van der Waals surface area contributed by atoms with E-state index in [-0.39, 0.29) is 36.8 Å². The molecule has 2 heterocycles. The number of thiazole rings is 1. The normalized spacial score (nSPS) is 18.9. The Morgan fingerprint density at radius 3 is 2.72 bits per heavy atom. The van der Waals surface area contributed by atoms with Crippen LogP contribution in [0.3, 0.4) is 0 Å². The number of halogens is 2. The lowest BCUT2D eigenvalue weighted by Gasteiger charge is -2.14. The van der Waals surface area contributed by atoms with Crippen LogP contribution in [-0.2, 0) is 11.2 Å². The topological polar surface area (TPSA) is 80.9 Å². The molecule has 1 fully saturated rings. The van der Waals surface area contributed by atoms with Crippen molar-refractivity contribution >= 4 is 42.1 Å². The molecule has 0 bridgehead atoms. The van der Waals surface area contributed by atoms with Gasteiger partial charge in [0.1, 0.15) is 0 Å². The average molecular weight is 403 g/mol. The highest BCUT2D eigenvalue weighted by atomic mass is 35.5. The number of nitrogens with two attached hydrogens (primary N) is 1. The van der Waals surface area contributed by atoms with Gasteiger partial charge in [0, 0.05) is 48.8 Å². The van der Waals surface area contributed by atoms with Crippen LogP contribution in [0.15, 0.2) is 29.9 Å². The zero-order chi connectivity index (χ0) is 16.1. The standard InChI is InChI=1S/C17H22N4OS.2ClH/c18-14-3-1-2-13(14)10-16(22)20-9-6-17-21-15(11-23-17)12-4-7-19-8-5-12;;/h4-5,7-8,11,13-14H,1-3,6,9-10,18H2,(H,20,22);2*1H/t13-,14+;;/m0../s1. The fourth-order valence-electron chi connectivity index (χ4n) is 3.02. The van der Waals surface area contributed by atoms with E-state index >= 15 is 0 Å². The summed E-state index contributed by atoms with van der Waals surface area (Å²) in [5.41, 5.74) is 8.05. The number of carbonyl (C=O) groups excluding carboxylic acids is 1. The van der Waals surface area contributed by atoms with Gasteiger partial charge in [-0.3, -0.25) is 9.78 Å². The molecule has 0 aliphatic heterocycles. The average Bonchev–Trinajstić information content (AvgIpc) is 3.18. The molecular weight excluding hydrogens is 379 g/mol. The van der Waals surface area contributed by atoms with Crippen molar-refractivity contribution in [2.24, 2.45) is 11.7 Å². The molecule has 1 amide bonds. The van der Waals surface area contributed by atoms with Gasteiger partial charge < -0.3 is 11.1 Å². The number of carbonyl (C=O) groups is 1. The van der Waals surface area contributed by atoms with E-state index in [9.17, 15) is 4.79 Å². The third-order valence-electron chi connectivity index (χ3n) is 4.35. The van der Waals surface area contributed by atoms with E-state index in [0.29, 0.717) is 18.9 Å². The Kier molecular flexibility index (Phi) is 9.35. The first-order valence-electron chi connectivity index (χ1n) is 8.09. The van der Waals surface area contributed by atoms with Gasteiger partial charge in [0.2, 0.25) is 5.91 Å². The monoisotopic (exact) mass is 402 g/mol. The zero-order valence-electron chi connectivity index (χ0n) is 13.9. The molecular formula is C17H24Cl2N4OS. The van der Waals surface area contributed by atoms with Crippen molar-refractivity contribution in [1.82, 2.24) is 15.3 Å². The summed E-state index contributed by atoms with van der Waals surface area (Å²) in [5, 5.41) is 6.07. The van der Waals surface area contributed by atoms with Gasteiger partial charge in [0.25, 0.3) is 0 Å². The summed E-state index contributed by atoms with van der Waals surface area (Å²) in [4.78, 5) is 20.6. The molecule has 3 rings (SSSR count). The molecule has 3 N–H and O–H groups in total. The molecule has 8 heteroatoms. The van der Waals surface area contributed by atoms with Crippen LogP contribution < -0.4 is 11.1 Å². The predicted octanol–water partition coefficient (Wildman–Crippen LogP) is 3.22. The van der Waals surface area contributed by atoms with Crippen LogP contribution in [0.5, 0.6) is 0 Å². The minimum absolute atomic E-state index is 0. The van der Waals surface area contributed by atoms with Gasteiger partial charge in [0.05, 0.1) is 10.7 Å². The highest BCUT2D eigenvalue weighted by Crippen LogP contribution is 2.26. The molecule has 25 heavy (non-hydrogen) atoms. The number of aromatic nitrogens is 2. The van der Waals surface area contributed by atoms with Crippen molar-refractivity contribution in [3.63, 3.8) is 0 Å². The summed E-state index contributed by atoms with van der Waals surface area (Å²) in [6.07, 6.45) is 8.13. The largest absolute Gasteiger partial charge is 0.356 e. The third kappa shape index (κ3) is 6.22. The highest BCUT2D eigenvalue weighted by molar-refractivity contribution is 7.09. The van der Waals surface area contributed by atoms with Crippen molar-refractivity contribution in [3.05, 3.63) is 34.9 Å². The van der Waals surface area contributed by atoms with Gasteiger partial charge in [-0.05, 0) is 30.9 Å². The van der Waals surface area contributed by atoms with Gasteiger partial charge >= 0.3 is 0 Å². The maximum atomic E-state index is 12.0. The van der Waals surface area contributed by atoms with Crippen LogP contribution in [0.2, 0.25) is 0 Å². The number of pyridine rings is 1. The lowest BCUT2D eigenvalue weighted by Crippen LogP contribution is -2.32. The summed E-state index contributed by atoms with van der Waals surface area (Å²) < 4.78 is 0. The van der Waals surface area contributed by atoms with E-state index in [0.717, 1.165) is 41.9 Å². The first-order chi connectivity index (χ1) is 11.2. The fourth-order valence-corrected chi connectivity index (χ4v) is 3.83. The second-order valence-electron chi connectivity index (χ2n) is 6.02. The lowest BCUT2D eigenvalue weighted by molar-refractivity contribution is -0.122. The first kappa shape index (κ1) is 21.8. The van der Waals surface area contributed by atoms with Crippen LogP contribution in [0.25, 0.3) is 11.3 Å². The number of amides is 1. The summed E-state index contributed by atoms with van der Waals surface area (Å²) in [7, 11) is 0. The summed E-state index contributed by atoms with van der Waals surface area (Å²) in [6, 6.07) is 4.10. The van der Waals surface area contributed by atoms with E-state index < -0.39 is 0 Å². The molecule has 2 aromatic rings. The van der Waals surface area contributed by atoms with E-state index in [1.54, 1.807) is 23.7 Å². The van der Waals surface area contributed by atoms with Crippen molar-refractivity contribution in [2.75, 3.05) is 6.54 Å². The third-order valence-corrected chi connectivity index (χ3v) is 5.26. The van der Waals surface area contributed by atoms with E-state index in [1.807, 2.05) is 17.5 Å². The van der Waals surface area contributed by atoms with Crippen LogP contribution in [0.4, 0.5) is 0 Å². The van der Waals surface area contributed by atoms with Crippen molar-refractivity contribution < 1.29 is 4.79 Å². The second kappa shape index (κ2) is 10.7. The van der Waals surface area contributed by atoms with Gasteiger partial charge in [0.15, 0.2) is 0 Å². The van der Waals surface area contributed by atoms with E-state index in [2.05, 4.69) is 15.3 Å². The molecule has 2 atom stereocenters. The smallest absolute Gasteiger partial charge is 0.220 e. The Labute approximate surface area is 164 Å². The molecule has 1 saturated carbocycles. The Hall–Kier alpha value is -1.21. The minimum Gasteiger partial charge on any atom is -0.356 e. The van der Waals surface area contributed by atoms with Gasteiger partial charge in [-0.25, -0.2) is 4.98 Å². The van der Waals surface area contributed by atoms with Crippen LogP contribution in [-0.4, -0.2) is 28.5 Å². The SMILES string of the molecule is Cl.Cl.N[C@@H]1CCC[C@H]1CC(=O)NCCc1nc(-c2ccncc2)cs1. The molecule has 0 unspecified atom stereocenters. The van der Waals surface area contributed by atoms with Crippen LogP contribution in [0.1, 0.15) is 30.7 Å². The van der Waals surface area contributed by atoms with E-state index in [4.69, 9.17) is 5.73 Å². The van der Waals surface area contributed by atoms with Crippen molar-refractivity contribution in [1.29, 1.82) is 0 Å². The number of rotatable bonds is 6. The Morgan fingerprint density at radius 1 is 1.28 bits per heavy atom. The molecule has 1 aliphatic carbocycles. The molecule has 0 saturated heterocycles. The zero-order valence-corrected chi connectivity index (χ0v) is 16.3. The summed E-state index contributed by atoms with van der Waals surface area (Å²) in [6.45, 7) is 0.629. The predicted molar refractivity (Wildman–Crippen MR) is 106 cm³/mol. The van der Waals surface area contributed by atoms with Crippen molar-refractivity contribution in [2.45, 2.75) is 38.1 Å². The molecule has 0 radical (unpaired) electrons. The lowest BCUT2D eigenvalue weighted by atomic mass is 10.00. The van der Waals surface area contributed by atoms with Crippen LogP contribution in [0, 0.1) is 5.92 Å². The number of hydrogen-bond acceptors (Lipinski definition) is 5. The van der Waals surface area contributed by atoms with Crippen molar-refractivity contribution in [3.8, 4) is 11.3 Å². The quantitative estimate of drug-likeness (QED) is 0.776. The second-order valence-corrected chi connectivity index (χ2v) is 6.96. The van der Waals surface area contributed by atoms with Gasteiger partial charge in [-0.1, -0.05) is 6.42 Å². The maximum Gasteiger partial charge on any atom is 0.220 e. The van der Waals surface area contributed by atoms with Gasteiger partial charge in [-0.15, -0.1) is 36.2 Å². The number of nitrogens with one attached hydrogen (secondary N) is 1. The molecule has 138 valence electrons. The number of hydrogen-bond donors (Lipinski definition) is 2. The summed E-state index contributed by atoms with van der Waals surface area (Å²) in [5.74, 6) is 0.464. The summed E-state index contributed by atoms with van der Waals surface area (Å²) >= 11 is 1.63. The fraction of sp³-hybridized carbons (Fsp3) is 0.471. The minimum atomic E-state index is 0. The van der Waals surface area contributed by atoms with Crippen LogP contribution >= 0.6 is 36.2 Å². The molecule has 0 aromatic carbocycles. The Morgan fingerprint density at radius 2 is 2.04 bits per heavy atom.